The van der Waals surface area contributed by atoms with E-state index in [4.69, 9.17) is 0 Å². The number of rotatable bonds is 4. The summed E-state index contributed by atoms with van der Waals surface area (Å²) < 4.78 is 0. The number of β-amino-alcohol motifs (C(OH)–C–C–N with tert-alkyl or cyclic N) is 1. The molecular formula is C12H25NO. The topological polar surface area (TPSA) is 23.5 Å². The van der Waals surface area contributed by atoms with Crippen LogP contribution in [0.3, 0.4) is 0 Å². The molecule has 0 amide bonds. The van der Waals surface area contributed by atoms with E-state index in [2.05, 4.69) is 18.7 Å². The second kappa shape index (κ2) is 5.72. The normalized spacial score (nSPS) is 20.8. The molecule has 0 aromatic carbocycles. The van der Waals surface area contributed by atoms with Crippen LogP contribution < -0.4 is 0 Å². The Hall–Kier alpha value is -0.0800. The highest BCUT2D eigenvalue weighted by Gasteiger charge is 2.25. The highest BCUT2D eigenvalue weighted by Crippen LogP contribution is 2.19. The summed E-state index contributed by atoms with van der Waals surface area (Å²) in [4.78, 5) is 2.44. The SMILES string of the molecule is CCC(O)(CC)CN1CCCCCC1. The van der Waals surface area contributed by atoms with Crippen molar-refractivity contribution in [2.45, 2.75) is 58.0 Å². The number of aliphatic hydroxyl groups is 1. The van der Waals surface area contributed by atoms with Crippen molar-refractivity contribution in [2.24, 2.45) is 0 Å². The summed E-state index contributed by atoms with van der Waals surface area (Å²) in [5, 5.41) is 10.2. The first-order valence-electron chi connectivity index (χ1n) is 6.15. The Morgan fingerprint density at radius 3 is 1.93 bits per heavy atom. The van der Waals surface area contributed by atoms with Gasteiger partial charge in [-0.15, -0.1) is 0 Å². The molecule has 14 heavy (non-hydrogen) atoms. The van der Waals surface area contributed by atoms with E-state index in [0.29, 0.717) is 0 Å². The third-order valence-electron chi connectivity index (χ3n) is 3.53. The molecule has 0 unspecified atom stereocenters. The lowest BCUT2D eigenvalue weighted by molar-refractivity contribution is -0.00251. The lowest BCUT2D eigenvalue weighted by Crippen LogP contribution is -2.42. The fraction of sp³-hybridized carbons (Fsp3) is 1.00. The molecule has 0 atom stereocenters. The van der Waals surface area contributed by atoms with Crippen LogP contribution in [0.4, 0.5) is 0 Å². The fourth-order valence-electron chi connectivity index (χ4n) is 2.18. The maximum absolute atomic E-state index is 10.2. The van der Waals surface area contributed by atoms with E-state index in [-0.39, 0.29) is 0 Å². The smallest absolute Gasteiger partial charge is 0.0768 e. The lowest BCUT2D eigenvalue weighted by atomic mass is 9.97. The number of nitrogens with zero attached hydrogens (tertiary/aromatic N) is 1. The minimum Gasteiger partial charge on any atom is -0.389 e. The van der Waals surface area contributed by atoms with Crippen LogP contribution in [0.5, 0.6) is 0 Å². The standard InChI is InChI=1S/C12H25NO/c1-3-12(14,4-2)11-13-9-7-5-6-8-10-13/h14H,3-11H2,1-2H3. The maximum Gasteiger partial charge on any atom is 0.0768 e. The Kier molecular flexibility index (Phi) is 4.90. The van der Waals surface area contributed by atoms with Crippen molar-refractivity contribution in [3.63, 3.8) is 0 Å². The third-order valence-corrected chi connectivity index (χ3v) is 3.53. The molecule has 0 aromatic rings. The van der Waals surface area contributed by atoms with Crippen LogP contribution in [-0.4, -0.2) is 35.2 Å². The van der Waals surface area contributed by atoms with E-state index in [9.17, 15) is 5.11 Å². The molecule has 1 N–H and O–H groups in total. The molecule has 1 heterocycles. The Morgan fingerprint density at radius 1 is 1.00 bits per heavy atom. The van der Waals surface area contributed by atoms with E-state index < -0.39 is 5.60 Å². The summed E-state index contributed by atoms with van der Waals surface area (Å²) >= 11 is 0. The van der Waals surface area contributed by atoms with E-state index in [1.807, 2.05) is 0 Å². The molecule has 1 aliphatic heterocycles. The van der Waals surface area contributed by atoms with Gasteiger partial charge in [0.15, 0.2) is 0 Å². The molecule has 2 heteroatoms. The van der Waals surface area contributed by atoms with Crippen LogP contribution in [0, 0.1) is 0 Å². The molecule has 0 spiro atoms. The molecule has 0 radical (unpaired) electrons. The Morgan fingerprint density at radius 2 is 1.50 bits per heavy atom. The van der Waals surface area contributed by atoms with Crippen molar-refractivity contribution in [3.8, 4) is 0 Å². The van der Waals surface area contributed by atoms with Gasteiger partial charge >= 0.3 is 0 Å². The summed E-state index contributed by atoms with van der Waals surface area (Å²) in [6, 6.07) is 0. The molecule has 0 bridgehead atoms. The fourth-order valence-corrected chi connectivity index (χ4v) is 2.18. The van der Waals surface area contributed by atoms with Crippen molar-refractivity contribution in [3.05, 3.63) is 0 Å². The molecule has 1 saturated heterocycles. The molecule has 1 fully saturated rings. The predicted molar refractivity (Wildman–Crippen MR) is 60.4 cm³/mol. The van der Waals surface area contributed by atoms with Gasteiger partial charge in [-0.3, -0.25) is 0 Å². The van der Waals surface area contributed by atoms with Crippen LogP contribution in [-0.2, 0) is 0 Å². The van der Waals surface area contributed by atoms with Gasteiger partial charge in [0.1, 0.15) is 0 Å². The molecule has 1 aliphatic rings. The quantitative estimate of drug-likeness (QED) is 0.751. The maximum atomic E-state index is 10.2. The van der Waals surface area contributed by atoms with Gasteiger partial charge in [0, 0.05) is 6.54 Å². The zero-order valence-electron chi connectivity index (χ0n) is 9.76. The van der Waals surface area contributed by atoms with E-state index in [1.165, 1.54) is 38.8 Å². The summed E-state index contributed by atoms with van der Waals surface area (Å²) in [6.45, 7) is 7.41. The van der Waals surface area contributed by atoms with E-state index in [1.54, 1.807) is 0 Å². The Labute approximate surface area is 88.3 Å². The van der Waals surface area contributed by atoms with Crippen molar-refractivity contribution in [1.29, 1.82) is 0 Å². The molecule has 0 saturated carbocycles. The number of hydrogen-bond acceptors (Lipinski definition) is 2. The second-order valence-corrected chi connectivity index (χ2v) is 4.62. The van der Waals surface area contributed by atoms with Crippen LogP contribution >= 0.6 is 0 Å². The van der Waals surface area contributed by atoms with Gasteiger partial charge in [0.2, 0.25) is 0 Å². The molecule has 0 aliphatic carbocycles. The summed E-state index contributed by atoms with van der Waals surface area (Å²) in [7, 11) is 0. The van der Waals surface area contributed by atoms with Gasteiger partial charge < -0.3 is 10.0 Å². The first kappa shape index (κ1) is 12.0. The van der Waals surface area contributed by atoms with Crippen molar-refractivity contribution >= 4 is 0 Å². The summed E-state index contributed by atoms with van der Waals surface area (Å²) in [6.07, 6.45) is 7.10. The van der Waals surface area contributed by atoms with Gasteiger partial charge in [-0.05, 0) is 38.8 Å². The second-order valence-electron chi connectivity index (χ2n) is 4.62. The average molecular weight is 199 g/mol. The van der Waals surface area contributed by atoms with E-state index >= 15 is 0 Å². The van der Waals surface area contributed by atoms with Crippen molar-refractivity contribution in [2.75, 3.05) is 19.6 Å². The Balaban J connectivity index is 2.39. The molecule has 1 rings (SSSR count). The zero-order chi connectivity index (χ0) is 10.4. The van der Waals surface area contributed by atoms with E-state index in [0.717, 1.165) is 19.4 Å². The minimum atomic E-state index is -0.440. The van der Waals surface area contributed by atoms with Crippen LogP contribution in [0.15, 0.2) is 0 Å². The van der Waals surface area contributed by atoms with Crippen LogP contribution in [0.25, 0.3) is 0 Å². The highest BCUT2D eigenvalue weighted by molar-refractivity contribution is 4.80. The Bertz CT molecular complexity index is 146. The highest BCUT2D eigenvalue weighted by atomic mass is 16.3. The number of likely N-dealkylation sites (tertiary alicyclic amines) is 1. The minimum absolute atomic E-state index is 0.440. The number of hydrogen-bond donors (Lipinski definition) is 1. The lowest BCUT2D eigenvalue weighted by Gasteiger charge is -2.32. The monoisotopic (exact) mass is 199 g/mol. The summed E-state index contributed by atoms with van der Waals surface area (Å²) in [5.41, 5.74) is -0.440. The van der Waals surface area contributed by atoms with Crippen molar-refractivity contribution in [1.82, 2.24) is 4.90 Å². The van der Waals surface area contributed by atoms with Crippen LogP contribution in [0.2, 0.25) is 0 Å². The van der Waals surface area contributed by atoms with Gasteiger partial charge in [0.25, 0.3) is 0 Å². The van der Waals surface area contributed by atoms with Gasteiger partial charge in [-0.25, -0.2) is 0 Å². The van der Waals surface area contributed by atoms with Crippen LogP contribution in [0.1, 0.15) is 52.4 Å². The van der Waals surface area contributed by atoms with Gasteiger partial charge in [0.05, 0.1) is 5.60 Å². The summed E-state index contributed by atoms with van der Waals surface area (Å²) in [5.74, 6) is 0. The van der Waals surface area contributed by atoms with Crippen molar-refractivity contribution < 1.29 is 5.11 Å². The molecular weight excluding hydrogens is 174 g/mol. The molecule has 2 nitrogen and oxygen atoms in total. The molecule has 0 aromatic heterocycles. The zero-order valence-corrected chi connectivity index (χ0v) is 9.76. The molecule has 84 valence electrons. The largest absolute Gasteiger partial charge is 0.389 e. The average Bonchev–Trinajstić information content (AvgIpc) is 2.46. The van der Waals surface area contributed by atoms with Gasteiger partial charge in [-0.1, -0.05) is 26.7 Å². The third kappa shape index (κ3) is 3.58. The predicted octanol–water partition coefficient (Wildman–Crippen LogP) is 2.41. The first-order valence-corrected chi connectivity index (χ1v) is 6.15. The first-order chi connectivity index (χ1) is 6.70. The van der Waals surface area contributed by atoms with Gasteiger partial charge in [-0.2, -0.15) is 0 Å².